The summed E-state index contributed by atoms with van der Waals surface area (Å²) in [5.74, 6) is 30.6. The summed E-state index contributed by atoms with van der Waals surface area (Å²) in [6.07, 6.45) is 44.2. The Morgan fingerprint density at radius 1 is 0.182 bits per heavy atom. The van der Waals surface area contributed by atoms with Gasteiger partial charge in [0.05, 0.1) is 22.1 Å². The van der Waals surface area contributed by atoms with E-state index < -0.39 is 0 Å². The Bertz CT molecular complexity index is 6550. The molecule has 3 aliphatic carbocycles. The van der Waals surface area contributed by atoms with E-state index >= 15 is 0 Å². The molecule has 0 amide bonds. The molecule has 143 heavy (non-hydrogen) atoms. The van der Waals surface area contributed by atoms with E-state index in [0.717, 1.165) is 94.4 Å². The average molecular weight is 1890 g/mol. The molecule has 0 unspecified atom stereocenters. The molecule has 0 N–H and O–H groups in total. The summed E-state index contributed by atoms with van der Waals surface area (Å²) in [4.78, 5) is 0. The van der Waals surface area contributed by atoms with Crippen LogP contribution in [-0.4, -0.2) is 9.13 Å². The van der Waals surface area contributed by atoms with Gasteiger partial charge in [0.15, 0.2) is 0 Å². The third-order valence-corrected chi connectivity index (χ3v) is 33.0. The highest BCUT2D eigenvalue weighted by atomic mass is 15.0. The van der Waals surface area contributed by atoms with Gasteiger partial charge in [0.1, 0.15) is 0 Å². The summed E-state index contributed by atoms with van der Waals surface area (Å²) >= 11 is 0. The standard InChI is InChI=1S/C141H164N2/c1-19-25-31-37-43-85-139(86-44-38-32-26-20-2)125-91-103(51-49-101-57-71-113(72-58-101)142-131-81-67-109(135(7,8)9)97-121(131)122-98-110(136(10,11)12)68-82-132(122)142)61-75-115(125)117-77-63-105(93-127(117)139)53-55-107-65-79-119-120-80-66-108(96-130(120)141(129(119)95-107,89-47-41-35-29-23-5)90-48-42-36-30-24-6)56-54-106-64-78-118-116-76-62-104(92-126(116)140(128(118)94-106,87-45-39-33-27-21-3)88-46-40-34-28-22-4)52-50-102-59-73-114(74-60-102)143-133-83-69-111(137(13,14)15)99-123(133)124-100-112(138(16,17)18)70-84-134(124)143/h57-84,91-100H,19-48,85-90H2,1-18H3. The predicted molar refractivity (Wildman–Crippen MR) is 619 cm³/mol. The van der Waals surface area contributed by atoms with E-state index in [1.54, 1.807) is 0 Å². The first-order valence-electron chi connectivity index (χ1n) is 56.5. The number of hydrogen-bond donors (Lipinski definition) is 0. The van der Waals surface area contributed by atoms with Crippen molar-refractivity contribution in [3.8, 4) is 92.1 Å². The van der Waals surface area contributed by atoms with E-state index in [1.165, 1.54) is 325 Å². The van der Waals surface area contributed by atoms with E-state index in [0.29, 0.717) is 0 Å². The van der Waals surface area contributed by atoms with Gasteiger partial charge >= 0.3 is 0 Å². The van der Waals surface area contributed by atoms with Crippen LogP contribution in [0.25, 0.3) is 88.4 Å². The minimum Gasteiger partial charge on any atom is -0.309 e. The molecule has 0 saturated carbocycles. The lowest BCUT2D eigenvalue weighted by molar-refractivity contribution is 0.398. The molecule has 0 fully saturated rings. The van der Waals surface area contributed by atoms with Gasteiger partial charge in [-0.15, -0.1) is 0 Å². The number of nitrogens with zero attached hydrogens (tertiary/aromatic N) is 2. The van der Waals surface area contributed by atoms with Crippen LogP contribution in [-0.2, 0) is 37.9 Å². The van der Waals surface area contributed by atoms with Crippen molar-refractivity contribution in [1.82, 2.24) is 9.13 Å². The van der Waals surface area contributed by atoms with Crippen molar-refractivity contribution in [3.63, 3.8) is 0 Å². The van der Waals surface area contributed by atoms with Gasteiger partial charge in [-0.25, -0.2) is 0 Å². The van der Waals surface area contributed by atoms with Gasteiger partial charge < -0.3 is 9.13 Å². The highest BCUT2D eigenvalue weighted by Crippen LogP contribution is 2.59. The summed E-state index contributed by atoms with van der Waals surface area (Å²) in [5, 5.41) is 5.23. The monoisotopic (exact) mass is 1890 g/mol. The fourth-order valence-corrected chi connectivity index (χ4v) is 24.6. The van der Waals surface area contributed by atoms with Crippen LogP contribution in [0.5, 0.6) is 0 Å². The highest BCUT2D eigenvalue weighted by Gasteiger charge is 2.46. The largest absolute Gasteiger partial charge is 0.309 e. The predicted octanol–water partition coefficient (Wildman–Crippen LogP) is 39.6. The van der Waals surface area contributed by atoms with E-state index in [4.69, 9.17) is 0 Å². The number of rotatable bonds is 38. The number of aromatic nitrogens is 2. The molecule has 12 aromatic carbocycles. The minimum absolute atomic E-state index is 0.0380. The molecule has 0 radical (unpaired) electrons. The van der Waals surface area contributed by atoms with Crippen molar-refractivity contribution >= 4 is 43.6 Å². The van der Waals surface area contributed by atoms with E-state index in [9.17, 15) is 0 Å². The number of benzene rings is 12. The average Bonchev–Trinajstić information content (AvgIpc) is 1.56. The van der Waals surface area contributed by atoms with Gasteiger partial charge in [0.25, 0.3) is 0 Å². The second kappa shape index (κ2) is 45.0. The van der Waals surface area contributed by atoms with Crippen LogP contribution < -0.4 is 0 Å². The van der Waals surface area contributed by atoms with Crippen molar-refractivity contribution in [2.75, 3.05) is 0 Å². The zero-order valence-corrected chi connectivity index (χ0v) is 90.8. The zero-order chi connectivity index (χ0) is 100. The van der Waals surface area contributed by atoms with Gasteiger partial charge in [0.2, 0.25) is 0 Å². The molecule has 0 saturated heterocycles. The Kier molecular flexibility index (Phi) is 32.4. The Balaban J connectivity index is 0.687. The zero-order valence-electron chi connectivity index (χ0n) is 90.8. The van der Waals surface area contributed by atoms with Crippen LogP contribution in [0.15, 0.2) is 231 Å². The Labute approximate surface area is 863 Å². The molecule has 738 valence electrons. The van der Waals surface area contributed by atoms with Crippen LogP contribution in [0.3, 0.4) is 0 Å². The molecule has 0 aliphatic heterocycles. The maximum atomic E-state index is 3.93. The molecule has 3 aliphatic rings. The molecule has 0 bridgehead atoms. The summed E-state index contributed by atoms with van der Waals surface area (Å²) in [6.45, 7) is 41.9. The smallest absolute Gasteiger partial charge is 0.0541 e. The first-order valence-corrected chi connectivity index (χ1v) is 56.5. The third-order valence-electron chi connectivity index (χ3n) is 33.0. The van der Waals surface area contributed by atoms with Gasteiger partial charge in [-0.1, -0.05) is 425 Å². The van der Waals surface area contributed by atoms with Crippen molar-refractivity contribution in [2.45, 2.75) is 394 Å². The summed E-state index contributed by atoms with van der Waals surface area (Å²) in [6, 6.07) is 90.4. The maximum absolute atomic E-state index is 3.93. The summed E-state index contributed by atoms with van der Waals surface area (Å²) in [7, 11) is 0. The Morgan fingerprint density at radius 2 is 0.350 bits per heavy atom. The van der Waals surface area contributed by atoms with Gasteiger partial charge in [-0.05, 0) is 319 Å². The molecule has 0 spiro atoms. The molecule has 14 aromatic rings. The van der Waals surface area contributed by atoms with Crippen molar-refractivity contribution in [3.05, 3.63) is 331 Å². The fraction of sp³-hybridized carbons (Fsp3) is 0.433. The lowest BCUT2D eigenvalue weighted by Gasteiger charge is -2.33. The minimum atomic E-state index is -0.160. The van der Waals surface area contributed by atoms with Crippen LogP contribution >= 0.6 is 0 Å². The topological polar surface area (TPSA) is 9.86 Å². The Morgan fingerprint density at radius 3 is 0.524 bits per heavy atom. The van der Waals surface area contributed by atoms with Crippen molar-refractivity contribution in [1.29, 1.82) is 0 Å². The molecule has 0 atom stereocenters. The second-order valence-corrected chi connectivity index (χ2v) is 47.5. The Hall–Kier alpha value is -11.5. The number of unbranched alkanes of at least 4 members (excludes halogenated alkanes) is 24. The number of hydrogen-bond acceptors (Lipinski definition) is 0. The second-order valence-electron chi connectivity index (χ2n) is 47.5. The SMILES string of the molecule is CCCCCCCC1(CCCCCCC)c2cc(C#Cc3ccc(-n4c5ccc(C(C)(C)C)cc5c5cc(C(C)(C)C)ccc54)cc3)ccc2-c2ccc(C#Cc3ccc4c(c3)C(CCCCCCC)(CCCCCCC)c3cc(C#Cc5ccc6c(c5)C(CCCCCCC)(CCCCCCC)c5cc(C#Cc7ccc(-n8c9ccc(C(C)(C)C)cc9c9cc(C(C)(C)C)ccc98)cc7)ccc5-6)ccc3-4)cc21. The molecule has 2 heterocycles. The lowest BCUT2D eigenvalue weighted by Crippen LogP contribution is -2.26. The van der Waals surface area contributed by atoms with Gasteiger partial charge in [-0.2, -0.15) is 0 Å². The number of fused-ring (bicyclic) bond motifs is 15. The van der Waals surface area contributed by atoms with Crippen LogP contribution in [0.2, 0.25) is 0 Å². The van der Waals surface area contributed by atoms with Crippen LogP contribution in [0, 0.1) is 47.4 Å². The molecular weight excluding hydrogens is 1720 g/mol. The lowest BCUT2D eigenvalue weighted by atomic mass is 9.70. The van der Waals surface area contributed by atoms with E-state index in [-0.39, 0.29) is 37.9 Å². The molecular formula is C141H164N2. The van der Waals surface area contributed by atoms with E-state index in [2.05, 4.69) is 412 Å². The molecule has 2 nitrogen and oxygen atoms in total. The van der Waals surface area contributed by atoms with Crippen molar-refractivity contribution in [2.24, 2.45) is 0 Å². The van der Waals surface area contributed by atoms with Crippen molar-refractivity contribution < 1.29 is 0 Å². The van der Waals surface area contributed by atoms with Gasteiger partial charge in [0, 0.05) is 93.7 Å². The van der Waals surface area contributed by atoms with Crippen LogP contribution in [0.4, 0.5) is 0 Å². The molecule has 2 aromatic heterocycles. The highest BCUT2D eigenvalue weighted by molar-refractivity contribution is 6.11. The first-order chi connectivity index (χ1) is 69.1. The van der Waals surface area contributed by atoms with Gasteiger partial charge in [-0.3, -0.25) is 0 Å². The fourth-order valence-electron chi connectivity index (χ4n) is 24.6. The van der Waals surface area contributed by atoms with Crippen LogP contribution in [0.1, 0.15) is 456 Å². The quantitative estimate of drug-likeness (QED) is 0.0270. The third kappa shape index (κ3) is 22.3. The summed E-state index contributed by atoms with van der Waals surface area (Å²) < 4.78 is 4.92. The molecule has 2 heteroatoms. The molecule has 17 rings (SSSR count). The normalized spacial score (nSPS) is 13.6. The first kappa shape index (κ1) is 103. The maximum Gasteiger partial charge on any atom is 0.0541 e. The van der Waals surface area contributed by atoms with E-state index in [1.807, 2.05) is 0 Å². The summed E-state index contributed by atoms with van der Waals surface area (Å²) in [5.41, 5.74) is 38.1.